The van der Waals surface area contributed by atoms with Gasteiger partial charge in [0.15, 0.2) is 0 Å². The summed E-state index contributed by atoms with van der Waals surface area (Å²) in [6, 6.07) is 22.2. The van der Waals surface area contributed by atoms with Gasteiger partial charge < -0.3 is 4.74 Å². The number of hydrazone groups is 1. The molecule has 0 saturated heterocycles. The van der Waals surface area contributed by atoms with Gasteiger partial charge in [-0.3, -0.25) is 9.69 Å². The first-order valence-corrected chi connectivity index (χ1v) is 10.9. The quantitative estimate of drug-likeness (QED) is 0.544. The highest BCUT2D eigenvalue weighted by molar-refractivity contribution is 7.09. The predicted octanol–water partition coefficient (Wildman–Crippen LogP) is 4.40. The number of para-hydroxylation sites is 1. The summed E-state index contributed by atoms with van der Waals surface area (Å²) in [5.74, 6) is 0.860. The maximum absolute atomic E-state index is 13.1. The molecule has 0 aliphatic carbocycles. The number of hydrogen-bond acceptors (Lipinski definition) is 5. The predicted molar refractivity (Wildman–Crippen MR) is 121 cm³/mol. The summed E-state index contributed by atoms with van der Waals surface area (Å²) in [7, 11) is 1.68. The van der Waals surface area contributed by atoms with Gasteiger partial charge in [0.05, 0.1) is 25.9 Å². The third-order valence-corrected chi connectivity index (χ3v) is 5.96. The number of nitrogens with zero attached hydrogens (tertiary/aromatic N) is 3. The third-order valence-electron chi connectivity index (χ3n) is 5.10. The van der Waals surface area contributed by atoms with E-state index in [1.807, 2.05) is 60.7 Å². The second-order valence-electron chi connectivity index (χ2n) is 7.22. The molecule has 0 atom stereocenters. The Hall–Kier alpha value is -2.96. The number of ether oxygens (including phenoxy) is 1. The highest BCUT2D eigenvalue weighted by Gasteiger charge is 2.24. The second-order valence-corrected chi connectivity index (χ2v) is 8.25. The summed E-state index contributed by atoms with van der Waals surface area (Å²) in [5.41, 5.74) is 3.12. The minimum atomic E-state index is 0.0207. The van der Waals surface area contributed by atoms with Crippen LogP contribution < -0.4 is 4.74 Å². The molecule has 30 heavy (non-hydrogen) atoms. The van der Waals surface area contributed by atoms with Crippen LogP contribution in [0.15, 0.2) is 77.2 Å². The summed E-state index contributed by atoms with van der Waals surface area (Å²) in [4.78, 5) is 16.4. The molecule has 1 aromatic heterocycles. The number of carbonyl (C=O) groups is 1. The van der Waals surface area contributed by atoms with E-state index in [-0.39, 0.29) is 5.91 Å². The molecule has 0 unspecified atom stereocenters. The van der Waals surface area contributed by atoms with Crippen LogP contribution >= 0.6 is 11.3 Å². The van der Waals surface area contributed by atoms with E-state index >= 15 is 0 Å². The smallest absolute Gasteiger partial charge is 0.256 e. The SMILES string of the molecule is COc1ccccc1CN(CC(=O)N1CCC(c2ccccc2)=N1)Cc1cccs1. The Morgan fingerprint density at radius 1 is 1.07 bits per heavy atom. The van der Waals surface area contributed by atoms with Gasteiger partial charge in [0.1, 0.15) is 5.75 Å². The molecule has 0 fully saturated rings. The molecule has 1 amide bonds. The van der Waals surface area contributed by atoms with E-state index in [9.17, 15) is 4.79 Å². The van der Waals surface area contributed by atoms with E-state index in [2.05, 4.69) is 21.4 Å². The zero-order valence-corrected chi connectivity index (χ0v) is 17.8. The van der Waals surface area contributed by atoms with Crippen molar-refractivity contribution in [3.05, 3.63) is 88.1 Å². The molecule has 0 N–H and O–H groups in total. The van der Waals surface area contributed by atoms with Crippen molar-refractivity contribution >= 4 is 23.0 Å². The zero-order chi connectivity index (χ0) is 20.8. The van der Waals surface area contributed by atoms with E-state index in [1.54, 1.807) is 23.5 Å². The van der Waals surface area contributed by atoms with Gasteiger partial charge in [-0.25, -0.2) is 5.01 Å². The molecule has 4 rings (SSSR count). The zero-order valence-electron chi connectivity index (χ0n) is 17.0. The van der Waals surface area contributed by atoms with Crippen molar-refractivity contribution in [2.45, 2.75) is 19.5 Å². The van der Waals surface area contributed by atoms with E-state index in [0.29, 0.717) is 26.2 Å². The third kappa shape index (κ3) is 4.96. The fourth-order valence-corrected chi connectivity index (χ4v) is 4.35. The van der Waals surface area contributed by atoms with Crippen LogP contribution in [0.3, 0.4) is 0 Å². The van der Waals surface area contributed by atoms with Crippen LogP contribution in [0, 0.1) is 0 Å². The second kappa shape index (κ2) is 9.69. The number of amides is 1. The molecule has 0 bridgehead atoms. The topological polar surface area (TPSA) is 45.1 Å². The van der Waals surface area contributed by atoms with Gasteiger partial charge >= 0.3 is 0 Å². The first kappa shape index (κ1) is 20.3. The fourth-order valence-electron chi connectivity index (χ4n) is 3.61. The van der Waals surface area contributed by atoms with Crippen LogP contribution in [0.5, 0.6) is 5.75 Å². The standard InChI is InChI=1S/C24H25N3O2S/c1-29-23-12-6-5-10-20(23)16-26(17-21-11-7-15-30-21)18-24(28)27-14-13-22(25-27)19-8-3-2-4-9-19/h2-12,15H,13-14,16-18H2,1H3. The Morgan fingerprint density at radius 2 is 1.87 bits per heavy atom. The van der Waals surface area contributed by atoms with Crippen LogP contribution in [-0.2, 0) is 17.9 Å². The van der Waals surface area contributed by atoms with E-state index in [4.69, 9.17) is 4.74 Å². The van der Waals surface area contributed by atoms with Gasteiger partial charge in [0.25, 0.3) is 5.91 Å². The normalized spacial score (nSPS) is 13.5. The molecule has 0 saturated carbocycles. The average molecular weight is 420 g/mol. The minimum absolute atomic E-state index is 0.0207. The number of hydrogen-bond donors (Lipinski definition) is 0. The summed E-state index contributed by atoms with van der Waals surface area (Å²) in [6.45, 7) is 2.29. The largest absolute Gasteiger partial charge is 0.496 e. The Morgan fingerprint density at radius 3 is 2.63 bits per heavy atom. The summed E-state index contributed by atoms with van der Waals surface area (Å²) < 4.78 is 5.51. The van der Waals surface area contributed by atoms with Gasteiger partial charge in [-0.15, -0.1) is 11.3 Å². The molecular formula is C24H25N3O2S. The minimum Gasteiger partial charge on any atom is -0.496 e. The Kier molecular flexibility index (Phi) is 6.57. The van der Waals surface area contributed by atoms with Crippen LogP contribution in [0.1, 0.15) is 22.4 Å². The molecule has 0 radical (unpaired) electrons. The fraction of sp³-hybridized carbons (Fsp3) is 0.250. The lowest BCUT2D eigenvalue weighted by atomic mass is 10.1. The maximum Gasteiger partial charge on any atom is 0.256 e. The van der Waals surface area contributed by atoms with Crippen molar-refractivity contribution in [1.29, 1.82) is 0 Å². The van der Waals surface area contributed by atoms with Gasteiger partial charge in [-0.05, 0) is 23.1 Å². The molecule has 1 aliphatic heterocycles. The van der Waals surface area contributed by atoms with Crippen molar-refractivity contribution in [3.8, 4) is 5.75 Å². The summed E-state index contributed by atoms with van der Waals surface area (Å²) in [6.07, 6.45) is 0.785. The highest BCUT2D eigenvalue weighted by atomic mass is 32.1. The molecular weight excluding hydrogens is 394 g/mol. The van der Waals surface area contributed by atoms with E-state index in [0.717, 1.165) is 29.0 Å². The summed E-state index contributed by atoms with van der Waals surface area (Å²) in [5, 5.41) is 8.28. The number of rotatable bonds is 8. The average Bonchev–Trinajstić information content (AvgIpc) is 3.47. The van der Waals surface area contributed by atoms with Crippen molar-refractivity contribution in [3.63, 3.8) is 0 Å². The van der Waals surface area contributed by atoms with E-state index in [1.165, 1.54) is 4.88 Å². The van der Waals surface area contributed by atoms with Gasteiger partial charge in [-0.2, -0.15) is 5.10 Å². The molecule has 2 heterocycles. The van der Waals surface area contributed by atoms with Crippen molar-refractivity contribution < 1.29 is 9.53 Å². The first-order valence-electron chi connectivity index (χ1n) is 10.0. The van der Waals surface area contributed by atoms with Crippen LogP contribution in [-0.4, -0.2) is 41.7 Å². The Labute approximate surface area is 181 Å². The molecule has 3 aromatic rings. The van der Waals surface area contributed by atoms with E-state index < -0.39 is 0 Å². The number of methoxy groups -OCH3 is 1. The molecule has 0 spiro atoms. The molecule has 154 valence electrons. The molecule has 5 nitrogen and oxygen atoms in total. The lowest BCUT2D eigenvalue weighted by molar-refractivity contribution is -0.132. The van der Waals surface area contributed by atoms with Crippen LogP contribution in [0.4, 0.5) is 0 Å². The lowest BCUT2D eigenvalue weighted by Crippen LogP contribution is -2.36. The lowest BCUT2D eigenvalue weighted by Gasteiger charge is -2.24. The molecule has 2 aromatic carbocycles. The van der Waals surface area contributed by atoms with Gasteiger partial charge in [0, 0.05) is 30.0 Å². The monoisotopic (exact) mass is 419 g/mol. The van der Waals surface area contributed by atoms with Crippen molar-refractivity contribution in [2.24, 2.45) is 5.10 Å². The van der Waals surface area contributed by atoms with Gasteiger partial charge in [0.2, 0.25) is 0 Å². The number of thiophene rings is 1. The Balaban J connectivity index is 1.48. The van der Waals surface area contributed by atoms with Crippen LogP contribution in [0.25, 0.3) is 0 Å². The summed E-state index contributed by atoms with van der Waals surface area (Å²) >= 11 is 1.70. The maximum atomic E-state index is 13.1. The first-order chi connectivity index (χ1) is 14.7. The highest BCUT2D eigenvalue weighted by Crippen LogP contribution is 2.22. The van der Waals surface area contributed by atoms with Crippen LogP contribution in [0.2, 0.25) is 0 Å². The van der Waals surface area contributed by atoms with Gasteiger partial charge in [-0.1, -0.05) is 54.6 Å². The Bertz CT molecular complexity index is 1000. The number of benzene rings is 2. The molecule has 6 heteroatoms. The van der Waals surface area contributed by atoms with Crippen molar-refractivity contribution in [2.75, 3.05) is 20.2 Å². The van der Waals surface area contributed by atoms with Crippen molar-refractivity contribution in [1.82, 2.24) is 9.91 Å². The molecule has 1 aliphatic rings. The number of carbonyl (C=O) groups excluding carboxylic acids is 1.